The van der Waals surface area contributed by atoms with Gasteiger partial charge in [-0.05, 0) is 34.1 Å². The van der Waals surface area contributed by atoms with Crippen LogP contribution in [-0.4, -0.2) is 29.3 Å². The van der Waals surface area contributed by atoms with E-state index in [4.69, 9.17) is 10.5 Å². The molecule has 106 valence electrons. The number of anilines is 1. The van der Waals surface area contributed by atoms with Gasteiger partial charge < -0.3 is 10.5 Å². The van der Waals surface area contributed by atoms with Crippen LogP contribution in [-0.2, 0) is 11.3 Å². The highest BCUT2D eigenvalue weighted by Gasteiger charge is 2.21. The molecule has 1 heterocycles. The zero-order valence-electron chi connectivity index (χ0n) is 10.8. The summed E-state index contributed by atoms with van der Waals surface area (Å²) in [5.74, 6) is -0.177. The van der Waals surface area contributed by atoms with Gasteiger partial charge in [-0.25, -0.2) is 0 Å². The highest BCUT2D eigenvalue weighted by molar-refractivity contribution is 9.10. The Labute approximate surface area is 133 Å². The van der Waals surface area contributed by atoms with E-state index in [2.05, 4.69) is 37.0 Å². The number of nitrogens with two attached hydrogens (primary N) is 1. The fourth-order valence-electron chi connectivity index (χ4n) is 1.79. The summed E-state index contributed by atoms with van der Waals surface area (Å²) in [5, 5.41) is 4.17. The minimum atomic E-state index is -0.177. The van der Waals surface area contributed by atoms with Gasteiger partial charge in [-0.3, -0.25) is 9.48 Å². The maximum absolute atomic E-state index is 12.7. The Morgan fingerprint density at radius 2 is 2.20 bits per heavy atom. The van der Waals surface area contributed by atoms with E-state index in [1.54, 1.807) is 36.2 Å². The van der Waals surface area contributed by atoms with Gasteiger partial charge in [0.25, 0.3) is 0 Å². The summed E-state index contributed by atoms with van der Waals surface area (Å²) in [6.07, 6.45) is 1.59. The lowest BCUT2D eigenvalue weighted by atomic mass is 10.1. The molecule has 0 aliphatic rings. The molecule has 5 nitrogen and oxygen atoms in total. The molecule has 0 aliphatic carbocycles. The van der Waals surface area contributed by atoms with Crippen molar-refractivity contribution in [1.29, 1.82) is 0 Å². The number of carbonyl (C=O) groups is 1. The molecule has 0 saturated carbocycles. The maximum Gasteiger partial charge on any atom is 0.214 e. The lowest BCUT2D eigenvalue weighted by molar-refractivity contribution is 0.102. The van der Waals surface area contributed by atoms with Gasteiger partial charge in [0.1, 0.15) is 5.69 Å². The molecule has 0 aliphatic heterocycles. The average Bonchev–Trinajstić information content (AvgIpc) is 2.79. The summed E-state index contributed by atoms with van der Waals surface area (Å²) in [5.41, 5.74) is 7.23. The van der Waals surface area contributed by atoms with Crippen molar-refractivity contribution >= 4 is 43.3 Å². The average molecular weight is 403 g/mol. The number of halogens is 2. The van der Waals surface area contributed by atoms with E-state index in [0.717, 1.165) is 4.47 Å². The molecule has 0 bridgehead atoms. The first-order valence-electron chi connectivity index (χ1n) is 5.84. The number of nitrogen functional groups attached to an aromatic ring is 1. The second-order valence-electron chi connectivity index (χ2n) is 4.12. The zero-order chi connectivity index (χ0) is 14.7. The van der Waals surface area contributed by atoms with Crippen molar-refractivity contribution in [3.05, 3.63) is 44.6 Å². The van der Waals surface area contributed by atoms with Crippen LogP contribution in [0.15, 0.2) is 33.3 Å². The molecular weight excluding hydrogens is 390 g/mol. The Morgan fingerprint density at radius 1 is 1.45 bits per heavy atom. The second-order valence-corrected chi connectivity index (χ2v) is 5.89. The van der Waals surface area contributed by atoms with Crippen LogP contribution in [0, 0.1) is 0 Å². The Bertz CT molecular complexity index is 641. The van der Waals surface area contributed by atoms with Gasteiger partial charge in [0.2, 0.25) is 5.78 Å². The van der Waals surface area contributed by atoms with Crippen molar-refractivity contribution in [3.8, 4) is 0 Å². The maximum atomic E-state index is 12.7. The van der Waals surface area contributed by atoms with Crippen LogP contribution in [0.1, 0.15) is 16.1 Å². The smallest absolute Gasteiger partial charge is 0.214 e. The van der Waals surface area contributed by atoms with Gasteiger partial charge >= 0.3 is 0 Å². The highest BCUT2D eigenvalue weighted by atomic mass is 79.9. The van der Waals surface area contributed by atoms with E-state index in [0.29, 0.717) is 34.6 Å². The molecule has 2 aromatic rings. The third-order valence-electron chi connectivity index (χ3n) is 2.78. The molecule has 0 radical (unpaired) electrons. The first-order chi connectivity index (χ1) is 9.54. The predicted molar refractivity (Wildman–Crippen MR) is 83.8 cm³/mol. The predicted octanol–water partition coefficient (Wildman–Crippen LogP) is 2.87. The van der Waals surface area contributed by atoms with Crippen LogP contribution < -0.4 is 5.73 Å². The number of nitrogens with zero attached hydrogens (tertiary/aromatic N) is 2. The lowest BCUT2D eigenvalue weighted by Crippen LogP contribution is -2.15. The lowest BCUT2D eigenvalue weighted by Gasteiger charge is -2.09. The molecular formula is C13H13Br2N3O2. The Morgan fingerprint density at radius 3 is 2.90 bits per heavy atom. The minimum Gasteiger partial charge on any atom is -0.398 e. The zero-order valence-corrected chi connectivity index (χ0v) is 13.9. The standard InChI is InChI=1S/C13H13Br2N3O2/c1-20-5-4-18-12(10(15)7-17-18)13(19)9-6-8(14)2-3-11(9)16/h2-3,6-7H,4-5,16H2,1H3. The normalized spacial score (nSPS) is 10.8. The van der Waals surface area contributed by atoms with Gasteiger partial charge in [-0.15, -0.1) is 0 Å². The Hall–Kier alpha value is -1.18. The van der Waals surface area contributed by atoms with Gasteiger partial charge in [0.15, 0.2) is 0 Å². The van der Waals surface area contributed by atoms with Gasteiger partial charge in [-0.1, -0.05) is 15.9 Å². The summed E-state index contributed by atoms with van der Waals surface area (Å²) in [6, 6.07) is 5.20. The molecule has 7 heteroatoms. The Kier molecular flexibility index (Phi) is 4.95. The number of carbonyl (C=O) groups excluding carboxylic acids is 1. The van der Waals surface area contributed by atoms with Crippen LogP contribution in [0.3, 0.4) is 0 Å². The molecule has 0 fully saturated rings. The van der Waals surface area contributed by atoms with Crippen molar-refractivity contribution < 1.29 is 9.53 Å². The van der Waals surface area contributed by atoms with Crippen LogP contribution >= 0.6 is 31.9 Å². The molecule has 0 amide bonds. The van der Waals surface area contributed by atoms with Crippen LogP contribution in [0.2, 0.25) is 0 Å². The third-order valence-corrected chi connectivity index (χ3v) is 3.85. The fraction of sp³-hybridized carbons (Fsp3) is 0.231. The molecule has 1 aromatic carbocycles. The summed E-state index contributed by atoms with van der Waals surface area (Å²) < 4.78 is 8.06. The van der Waals surface area contributed by atoms with Crippen molar-refractivity contribution in [3.63, 3.8) is 0 Å². The quantitative estimate of drug-likeness (QED) is 0.616. The van der Waals surface area contributed by atoms with E-state index in [9.17, 15) is 4.79 Å². The number of hydrogen-bond acceptors (Lipinski definition) is 4. The van der Waals surface area contributed by atoms with Crippen molar-refractivity contribution in [2.24, 2.45) is 0 Å². The van der Waals surface area contributed by atoms with Gasteiger partial charge in [0, 0.05) is 22.8 Å². The fourth-order valence-corrected chi connectivity index (χ4v) is 2.63. The van der Waals surface area contributed by atoms with Crippen molar-refractivity contribution in [2.45, 2.75) is 6.54 Å². The van der Waals surface area contributed by atoms with Crippen LogP contribution in [0.5, 0.6) is 0 Å². The summed E-state index contributed by atoms with van der Waals surface area (Å²) in [6.45, 7) is 0.972. The topological polar surface area (TPSA) is 70.1 Å². The van der Waals surface area contributed by atoms with Gasteiger partial charge in [0.05, 0.1) is 23.8 Å². The van der Waals surface area contributed by atoms with E-state index in [-0.39, 0.29) is 5.78 Å². The first kappa shape index (κ1) is 15.2. The third kappa shape index (κ3) is 3.11. The molecule has 2 rings (SSSR count). The summed E-state index contributed by atoms with van der Waals surface area (Å²) in [7, 11) is 1.60. The van der Waals surface area contributed by atoms with E-state index in [1.165, 1.54) is 0 Å². The van der Waals surface area contributed by atoms with E-state index in [1.807, 2.05) is 0 Å². The molecule has 0 saturated heterocycles. The number of ketones is 1. The number of methoxy groups -OCH3 is 1. The van der Waals surface area contributed by atoms with Crippen LogP contribution in [0.25, 0.3) is 0 Å². The molecule has 20 heavy (non-hydrogen) atoms. The van der Waals surface area contributed by atoms with Crippen LogP contribution in [0.4, 0.5) is 5.69 Å². The summed E-state index contributed by atoms with van der Waals surface area (Å²) in [4.78, 5) is 12.7. The van der Waals surface area contributed by atoms with E-state index >= 15 is 0 Å². The molecule has 2 N–H and O–H groups in total. The van der Waals surface area contributed by atoms with E-state index < -0.39 is 0 Å². The molecule has 0 unspecified atom stereocenters. The van der Waals surface area contributed by atoms with Gasteiger partial charge in [-0.2, -0.15) is 5.10 Å². The number of benzene rings is 1. The first-order valence-corrected chi connectivity index (χ1v) is 7.43. The van der Waals surface area contributed by atoms with Crippen molar-refractivity contribution in [2.75, 3.05) is 19.5 Å². The minimum absolute atomic E-state index is 0.177. The Balaban J connectivity index is 2.42. The monoisotopic (exact) mass is 401 g/mol. The molecule has 0 atom stereocenters. The largest absolute Gasteiger partial charge is 0.398 e. The number of rotatable bonds is 5. The SMILES string of the molecule is COCCn1ncc(Br)c1C(=O)c1cc(Br)ccc1N. The highest BCUT2D eigenvalue weighted by Crippen LogP contribution is 2.25. The van der Waals surface area contributed by atoms with Crippen molar-refractivity contribution in [1.82, 2.24) is 9.78 Å². The second kappa shape index (κ2) is 6.51. The summed E-state index contributed by atoms with van der Waals surface area (Å²) >= 11 is 6.70. The number of hydrogen-bond donors (Lipinski definition) is 1. The number of ether oxygens (including phenoxy) is 1. The number of aromatic nitrogens is 2. The molecule has 1 aromatic heterocycles. The molecule has 0 spiro atoms.